The zero-order valence-corrected chi connectivity index (χ0v) is 7.90. The molecule has 0 amide bonds. The van der Waals surface area contributed by atoms with E-state index < -0.39 is 7.12 Å². The Morgan fingerprint density at radius 2 is 2.29 bits per heavy atom. The monoisotopic (exact) mass is 193 g/mol. The molecule has 4 nitrogen and oxygen atoms in total. The predicted octanol–water partition coefficient (Wildman–Crippen LogP) is -0.441. The van der Waals surface area contributed by atoms with E-state index in [2.05, 4.69) is 5.32 Å². The second-order valence-electron chi connectivity index (χ2n) is 3.44. The van der Waals surface area contributed by atoms with Gasteiger partial charge in [0.2, 0.25) is 0 Å². The summed E-state index contributed by atoms with van der Waals surface area (Å²) in [5, 5.41) is 21.1. The van der Waals surface area contributed by atoms with Gasteiger partial charge in [-0.25, -0.2) is 0 Å². The van der Waals surface area contributed by atoms with Crippen LogP contribution in [0.1, 0.15) is 6.92 Å². The van der Waals surface area contributed by atoms with E-state index in [4.69, 9.17) is 14.8 Å². The number of anilines is 1. The van der Waals surface area contributed by atoms with E-state index in [1.54, 1.807) is 18.2 Å². The first-order valence-corrected chi connectivity index (χ1v) is 4.57. The lowest BCUT2D eigenvalue weighted by Gasteiger charge is -2.25. The van der Waals surface area contributed by atoms with Crippen LogP contribution in [0.3, 0.4) is 0 Å². The van der Waals surface area contributed by atoms with Gasteiger partial charge >= 0.3 is 7.12 Å². The molecule has 0 bridgehead atoms. The standard InChI is InChI=1S/C9H12BNO3/c1-6-5-11-8-3-2-7(10(12)13)4-9(8)14-6/h2-4,6,11-13H,5H2,1H3. The highest BCUT2D eigenvalue weighted by molar-refractivity contribution is 6.58. The molecule has 2 rings (SSSR count). The average Bonchev–Trinajstić information content (AvgIpc) is 2.16. The van der Waals surface area contributed by atoms with Crippen LogP contribution in [0.4, 0.5) is 5.69 Å². The van der Waals surface area contributed by atoms with Gasteiger partial charge in [0.25, 0.3) is 0 Å². The molecule has 5 heteroatoms. The summed E-state index contributed by atoms with van der Waals surface area (Å²) in [4.78, 5) is 0. The normalized spacial score (nSPS) is 19.2. The number of hydrogen-bond donors (Lipinski definition) is 3. The molecule has 0 aromatic heterocycles. The van der Waals surface area contributed by atoms with Crippen molar-refractivity contribution in [1.82, 2.24) is 0 Å². The fourth-order valence-corrected chi connectivity index (χ4v) is 1.46. The molecule has 0 saturated carbocycles. The van der Waals surface area contributed by atoms with Crippen LogP contribution in [-0.2, 0) is 0 Å². The highest BCUT2D eigenvalue weighted by Gasteiger charge is 2.18. The van der Waals surface area contributed by atoms with Gasteiger partial charge in [0.15, 0.2) is 0 Å². The van der Waals surface area contributed by atoms with Gasteiger partial charge < -0.3 is 20.1 Å². The fraction of sp³-hybridized carbons (Fsp3) is 0.333. The number of benzene rings is 1. The highest BCUT2D eigenvalue weighted by atomic mass is 16.5. The van der Waals surface area contributed by atoms with Crippen molar-refractivity contribution in [3.8, 4) is 5.75 Å². The molecule has 0 aliphatic carbocycles. The van der Waals surface area contributed by atoms with Crippen LogP contribution in [0, 0.1) is 0 Å². The summed E-state index contributed by atoms with van der Waals surface area (Å²) in [6, 6.07) is 5.09. The number of hydrogen-bond acceptors (Lipinski definition) is 4. The zero-order chi connectivity index (χ0) is 10.1. The summed E-state index contributed by atoms with van der Waals surface area (Å²) in [6.07, 6.45) is 0.105. The largest absolute Gasteiger partial charge is 0.488 e. The Labute approximate surface area is 82.7 Å². The maximum atomic E-state index is 8.97. The van der Waals surface area contributed by atoms with Gasteiger partial charge in [-0.1, -0.05) is 6.07 Å². The first kappa shape index (κ1) is 9.36. The molecule has 1 heterocycles. The Morgan fingerprint density at radius 3 is 3.00 bits per heavy atom. The maximum Gasteiger partial charge on any atom is 0.488 e. The molecule has 0 spiro atoms. The third-order valence-electron chi connectivity index (χ3n) is 2.21. The Morgan fingerprint density at radius 1 is 1.50 bits per heavy atom. The summed E-state index contributed by atoms with van der Waals surface area (Å²) in [5.41, 5.74) is 1.34. The molecule has 0 fully saturated rings. The van der Waals surface area contributed by atoms with Gasteiger partial charge in [0.05, 0.1) is 12.2 Å². The smallest absolute Gasteiger partial charge is 0.487 e. The number of fused-ring (bicyclic) bond motifs is 1. The zero-order valence-electron chi connectivity index (χ0n) is 7.90. The summed E-state index contributed by atoms with van der Waals surface area (Å²) in [5.74, 6) is 0.675. The van der Waals surface area contributed by atoms with Crippen molar-refractivity contribution in [3.05, 3.63) is 18.2 Å². The SMILES string of the molecule is CC1CNc2ccc(B(O)O)cc2O1. The number of ether oxygens (including phenoxy) is 1. The van der Waals surface area contributed by atoms with Gasteiger partial charge in [0.1, 0.15) is 11.9 Å². The average molecular weight is 193 g/mol. The van der Waals surface area contributed by atoms with Crippen molar-refractivity contribution in [2.24, 2.45) is 0 Å². The van der Waals surface area contributed by atoms with Gasteiger partial charge in [-0.05, 0) is 24.5 Å². The van der Waals surface area contributed by atoms with E-state index in [0.29, 0.717) is 11.2 Å². The van der Waals surface area contributed by atoms with Crippen molar-refractivity contribution in [2.45, 2.75) is 13.0 Å². The second kappa shape index (κ2) is 3.51. The molecule has 1 aromatic carbocycles. The quantitative estimate of drug-likeness (QED) is 0.529. The van der Waals surface area contributed by atoms with Crippen LogP contribution in [0.25, 0.3) is 0 Å². The Kier molecular flexibility index (Phi) is 2.35. The van der Waals surface area contributed by atoms with Crippen molar-refractivity contribution in [1.29, 1.82) is 0 Å². The third kappa shape index (κ3) is 1.69. The topological polar surface area (TPSA) is 61.7 Å². The second-order valence-corrected chi connectivity index (χ2v) is 3.44. The number of nitrogens with one attached hydrogen (secondary N) is 1. The fourth-order valence-electron chi connectivity index (χ4n) is 1.46. The van der Waals surface area contributed by atoms with Crippen molar-refractivity contribution >= 4 is 18.3 Å². The molecule has 0 saturated heterocycles. The molecule has 1 aliphatic heterocycles. The summed E-state index contributed by atoms with van der Waals surface area (Å²) < 4.78 is 5.54. The highest BCUT2D eigenvalue weighted by Crippen LogP contribution is 2.27. The summed E-state index contributed by atoms with van der Waals surface area (Å²) in [6.45, 7) is 2.73. The Hall–Kier alpha value is -1.20. The first-order chi connectivity index (χ1) is 6.66. The van der Waals surface area contributed by atoms with Crippen molar-refractivity contribution in [3.63, 3.8) is 0 Å². The van der Waals surface area contributed by atoms with Gasteiger partial charge in [-0.2, -0.15) is 0 Å². The third-order valence-corrected chi connectivity index (χ3v) is 2.21. The minimum absolute atomic E-state index is 0.105. The minimum Gasteiger partial charge on any atom is -0.487 e. The van der Waals surface area contributed by atoms with Crippen molar-refractivity contribution in [2.75, 3.05) is 11.9 Å². The molecule has 1 aliphatic rings. The summed E-state index contributed by atoms with van der Waals surface area (Å²) in [7, 11) is -1.44. The molecule has 1 unspecified atom stereocenters. The summed E-state index contributed by atoms with van der Waals surface area (Å²) >= 11 is 0. The van der Waals surface area contributed by atoms with Crippen LogP contribution in [0.2, 0.25) is 0 Å². The predicted molar refractivity (Wildman–Crippen MR) is 54.8 cm³/mol. The lowest BCUT2D eigenvalue weighted by Crippen LogP contribution is -2.32. The molecule has 3 N–H and O–H groups in total. The van der Waals surface area contributed by atoms with Gasteiger partial charge in [-0.15, -0.1) is 0 Å². The first-order valence-electron chi connectivity index (χ1n) is 4.57. The maximum absolute atomic E-state index is 8.97. The molecular weight excluding hydrogens is 181 g/mol. The van der Waals surface area contributed by atoms with E-state index in [1.165, 1.54) is 0 Å². The lowest BCUT2D eigenvalue weighted by molar-refractivity contribution is 0.226. The Balaban J connectivity index is 2.33. The van der Waals surface area contributed by atoms with Crippen molar-refractivity contribution < 1.29 is 14.8 Å². The van der Waals surface area contributed by atoms with Crippen LogP contribution in [0.5, 0.6) is 5.75 Å². The Bertz CT molecular complexity index is 343. The molecule has 14 heavy (non-hydrogen) atoms. The minimum atomic E-state index is -1.44. The van der Waals surface area contributed by atoms with E-state index in [-0.39, 0.29) is 6.10 Å². The molecule has 74 valence electrons. The van der Waals surface area contributed by atoms with E-state index >= 15 is 0 Å². The lowest BCUT2D eigenvalue weighted by atomic mass is 9.80. The molecule has 0 radical (unpaired) electrons. The molecule has 1 aromatic rings. The van der Waals surface area contributed by atoms with Crippen LogP contribution in [0.15, 0.2) is 18.2 Å². The van der Waals surface area contributed by atoms with E-state index in [9.17, 15) is 0 Å². The number of rotatable bonds is 1. The van der Waals surface area contributed by atoms with Gasteiger partial charge in [-0.3, -0.25) is 0 Å². The van der Waals surface area contributed by atoms with Crippen LogP contribution in [-0.4, -0.2) is 29.8 Å². The van der Waals surface area contributed by atoms with Crippen LogP contribution < -0.4 is 15.5 Å². The molecule has 1 atom stereocenters. The van der Waals surface area contributed by atoms with Crippen LogP contribution >= 0.6 is 0 Å². The van der Waals surface area contributed by atoms with E-state index in [1.807, 2.05) is 6.92 Å². The molecular formula is C9H12BNO3. The van der Waals surface area contributed by atoms with E-state index in [0.717, 1.165) is 12.2 Å². The van der Waals surface area contributed by atoms with Gasteiger partial charge in [0, 0.05) is 0 Å².